The van der Waals surface area contributed by atoms with Crippen LogP contribution < -0.4 is 10.5 Å². The molecular formula is C13H20N2O. The van der Waals surface area contributed by atoms with Gasteiger partial charge in [0, 0.05) is 18.3 Å². The summed E-state index contributed by atoms with van der Waals surface area (Å²) in [5.74, 6) is 1.38. The maximum atomic E-state index is 6.22. The molecule has 0 saturated heterocycles. The van der Waals surface area contributed by atoms with Gasteiger partial charge in [-0.2, -0.15) is 0 Å². The Morgan fingerprint density at radius 1 is 1.44 bits per heavy atom. The van der Waals surface area contributed by atoms with E-state index in [1.807, 2.05) is 12.3 Å². The molecule has 0 bridgehead atoms. The van der Waals surface area contributed by atoms with Crippen molar-refractivity contribution in [3.63, 3.8) is 0 Å². The van der Waals surface area contributed by atoms with E-state index >= 15 is 0 Å². The lowest BCUT2D eigenvalue weighted by molar-refractivity contribution is 0.396. The van der Waals surface area contributed by atoms with Crippen molar-refractivity contribution in [1.29, 1.82) is 0 Å². The highest BCUT2D eigenvalue weighted by molar-refractivity contribution is 5.18. The van der Waals surface area contributed by atoms with Crippen LogP contribution in [0, 0.1) is 5.92 Å². The lowest BCUT2D eigenvalue weighted by atomic mass is 9.94. The summed E-state index contributed by atoms with van der Waals surface area (Å²) in [6.45, 7) is 0. The van der Waals surface area contributed by atoms with Crippen molar-refractivity contribution in [2.24, 2.45) is 11.7 Å². The second-order valence-corrected chi connectivity index (χ2v) is 4.62. The minimum absolute atomic E-state index is 0.290. The molecule has 0 radical (unpaired) electrons. The molecule has 1 aliphatic rings. The number of nitrogens with two attached hydrogens (primary N) is 1. The molecule has 1 heterocycles. The van der Waals surface area contributed by atoms with Gasteiger partial charge in [0.2, 0.25) is 5.88 Å². The van der Waals surface area contributed by atoms with Crippen LogP contribution in [0.3, 0.4) is 0 Å². The van der Waals surface area contributed by atoms with Crippen LogP contribution in [0.4, 0.5) is 0 Å². The van der Waals surface area contributed by atoms with E-state index in [1.165, 1.54) is 31.2 Å². The largest absolute Gasteiger partial charge is 0.481 e. The molecule has 16 heavy (non-hydrogen) atoms. The normalized spacial score (nSPS) is 18.6. The zero-order chi connectivity index (χ0) is 11.4. The molecule has 0 aliphatic heterocycles. The first kappa shape index (κ1) is 11.4. The van der Waals surface area contributed by atoms with Gasteiger partial charge in [0.25, 0.3) is 0 Å². The van der Waals surface area contributed by atoms with Gasteiger partial charge in [0.05, 0.1) is 7.11 Å². The summed E-state index contributed by atoms with van der Waals surface area (Å²) in [4.78, 5) is 4.20. The first-order valence-corrected chi connectivity index (χ1v) is 6.04. The van der Waals surface area contributed by atoms with E-state index in [4.69, 9.17) is 10.5 Å². The van der Waals surface area contributed by atoms with Crippen molar-refractivity contribution < 1.29 is 4.74 Å². The number of hydrogen-bond acceptors (Lipinski definition) is 3. The SMILES string of the molecule is COc1ccc(CC(N)C2CCCC2)cn1. The molecule has 0 amide bonds. The van der Waals surface area contributed by atoms with Gasteiger partial charge in [-0.05, 0) is 30.7 Å². The van der Waals surface area contributed by atoms with Crippen LogP contribution in [0.5, 0.6) is 5.88 Å². The van der Waals surface area contributed by atoms with Crippen molar-refractivity contribution >= 4 is 0 Å². The van der Waals surface area contributed by atoms with Gasteiger partial charge in [-0.3, -0.25) is 0 Å². The molecule has 1 aromatic heterocycles. The average Bonchev–Trinajstić information content (AvgIpc) is 2.83. The molecule has 2 N–H and O–H groups in total. The fourth-order valence-electron chi connectivity index (χ4n) is 2.48. The van der Waals surface area contributed by atoms with Crippen molar-refractivity contribution in [1.82, 2.24) is 4.98 Å². The van der Waals surface area contributed by atoms with E-state index in [0.717, 1.165) is 6.42 Å². The van der Waals surface area contributed by atoms with Crippen LogP contribution in [-0.4, -0.2) is 18.1 Å². The van der Waals surface area contributed by atoms with E-state index in [2.05, 4.69) is 11.1 Å². The van der Waals surface area contributed by atoms with Crippen LogP contribution in [0.25, 0.3) is 0 Å². The number of rotatable bonds is 4. The molecule has 1 unspecified atom stereocenters. The highest BCUT2D eigenvalue weighted by Gasteiger charge is 2.21. The number of aromatic nitrogens is 1. The van der Waals surface area contributed by atoms with Crippen molar-refractivity contribution in [3.05, 3.63) is 23.9 Å². The summed E-state index contributed by atoms with van der Waals surface area (Å²) in [6, 6.07) is 4.25. The first-order chi connectivity index (χ1) is 7.79. The van der Waals surface area contributed by atoms with Crippen molar-refractivity contribution in [3.8, 4) is 5.88 Å². The van der Waals surface area contributed by atoms with Gasteiger partial charge in [-0.1, -0.05) is 18.9 Å². The predicted molar refractivity (Wildman–Crippen MR) is 64.4 cm³/mol. The van der Waals surface area contributed by atoms with Gasteiger partial charge in [0.15, 0.2) is 0 Å². The fourth-order valence-corrected chi connectivity index (χ4v) is 2.48. The Hall–Kier alpha value is -1.09. The Labute approximate surface area is 97.0 Å². The second kappa shape index (κ2) is 5.30. The third-order valence-electron chi connectivity index (χ3n) is 3.48. The van der Waals surface area contributed by atoms with E-state index in [0.29, 0.717) is 11.8 Å². The van der Waals surface area contributed by atoms with E-state index in [1.54, 1.807) is 7.11 Å². The minimum atomic E-state index is 0.290. The Morgan fingerprint density at radius 2 is 2.19 bits per heavy atom. The van der Waals surface area contributed by atoms with Gasteiger partial charge in [-0.25, -0.2) is 4.98 Å². The van der Waals surface area contributed by atoms with Crippen LogP contribution in [0.15, 0.2) is 18.3 Å². The molecule has 1 saturated carbocycles. The number of nitrogens with zero attached hydrogens (tertiary/aromatic N) is 1. The Morgan fingerprint density at radius 3 is 2.75 bits per heavy atom. The Balaban J connectivity index is 1.92. The van der Waals surface area contributed by atoms with Gasteiger partial charge in [-0.15, -0.1) is 0 Å². The lowest BCUT2D eigenvalue weighted by Gasteiger charge is -2.18. The smallest absolute Gasteiger partial charge is 0.212 e. The first-order valence-electron chi connectivity index (χ1n) is 6.04. The third-order valence-corrected chi connectivity index (χ3v) is 3.48. The van der Waals surface area contributed by atoms with Crippen LogP contribution in [-0.2, 0) is 6.42 Å². The Bertz CT molecular complexity index is 317. The molecule has 1 aromatic rings. The van der Waals surface area contributed by atoms with Gasteiger partial charge in [0.1, 0.15) is 0 Å². The standard InChI is InChI=1S/C13H20N2O/c1-16-13-7-6-10(9-15-13)8-12(14)11-4-2-3-5-11/h6-7,9,11-12H,2-5,8,14H2,1H3. The molecule has 1 fully saturated rings. The predicted octanol–water partition coefficient (Wildman–Crippen LogP) is 2.15. The third kappa shape index (κ3) is 2.73. The quantitative estimate of drug-likeness (QED) is 0.845. The summed E-state index contributed by atoms with van der Waals surface area (Å²) in [7, 11) is 1.63. The molecule has 3 nitrogen and oxygen atoms in total. The number of methoxy groups -OCH3 is 1. The highest BCUT2D eigenvalue weighted by atomic mass is 16.5. The van der Waals surface area contributed by atoms with Gasteiger partial charge < -0.3 is 10.5 Å². The molecule has 0 spiro atoms. The van der Waals surface area contributed by atoms with Crippen molar-refractivity contribution in [2.75, 3.05) is 7.11 Å². The van der Waals surface area contributed by atoms with E-state index in [9.17, 15) is 0 Å². The topological polar surface area (TPSA) is 48.1 Å². The molecule has 1 aliphatic carbocycles. The lowest BCUT2D eigenvalue weighted by Crippen LogP contribution is -2.30. The molecule has 88 valence electrons. The van der Waals surface area contributed by atoms with E-state index < -0.39 is 0 Å². The summed E-state index contributed by atoms with van der Waals surface area (Å²) in [6.07, 6.45) is 8.09. The average molecular weight is 220 g/mol. The summed E-state index contributed by atoms with van der Waals surface area (Å²) < 4.78 is 5.03. The summed E-state index contributed by atoms with van der Waals surface area (Å²) in [5, 5.41) is 0. The number of hydrogen-bond donors (Lipinski definition) is 1. The summed E-state index contributed by atoms with van der Waals surface area (Å²) >= 11 is 0. The molecule has 0 aromatic carbocycles. The monoisotopic (exact) mass is 220 g/mol. The van der Waals surface area contributed by atoms with Crippen molar-refractivity contribution in [2.45, 2.75) is 38.1 Å². The van der Waals surface area contributed by atoms with Gasteiger partial charge >= 0.3 is 0 Å². The fraction of sp³-hybridized carbons (Fsp3) is 0.615. The molecule has 2 rings (SSSR count). The summed E-state index contributed by atoms with van der Waals surface area (Å²) in [5.41, 5.74) is 7.43. The van der Waals surface area contributed by atoms with Crippen LogP contribution in [0.1, 0.15) is 31.2 Å². The number of ether oxygens (including phenoxy) is 1. The second-order valence-electron chi connectivity index (χ2n) is 4.62. The van der Waals surface area contributed by atoms with E-state index in [-0.39, 0.29) is 6.04 Å². The Kier molecular flexibility index (Phi) is 3.78. The highest BCUT2D eigenvalue weighted by Crippen LogP contribution is 2.28. The maximum absolute atomic E-state index is 6.22. The molecular weight excluding hydrogens is 200 g/mol. The molecule has 3 heteroatoms. The molecule has 1 atom stereocenters. The van der Waals surface area contributed by atoms with Crippen LogP contribution >= 0.6 is 0 Å². The zero-order valence-electron chi connectivity index (χ0n) is 9.86. The van der Waals surface area contributed by atoms with Crippen LogP contribution in [0.2, 0.25) is 0 Å². The maximum Gasteiger partial charge on any atom is 0.212 e. The minimum Gasteiger partial charge on any atom is -0.481 e. The zero-order valence-corrected chi connectivity index (χ0v) is 9.86. The number of pyridine rings is 1.